The zero-order valence-corrected chi connectivity index (χ0v) is 16.8. The molecule has 0 heterocycles. The molecule has 5 nitrogen and oxygen atoms in total. The second kappa shape index (κ2) is 7.44. The molecule has 0 spiro atoms. The lowest BCUT2D eigenvalue weighted by Gasteiger charge is -2.43. The molecular formula is C21H26N2O3S. The third kappa shape index (κ3) is 3.77. The van der Waals surface area contributed by atoms with E-state index in [0.717, 1.165) is 24.8 Å². The van der Waals surface area contributed by atoms with Crippen LogP contribution in [0.2, 0.25) is 0 Å². The first-order valence-electron chi connectivity index (χ1n) is 9.22. The highest BCUT2D eigenvalue weighted by Crippen LogP contribution is 2.41. The predicted octanol–water partition coefficient (Wildman–Crippen LogP) is 3.52. The van der Waals surface area contributed by atoms with Crippen LogP contribution in [0.25, 0.3) is 0 Å². The van der Waals surface area contributed by atoms with Crippen molar-refractivity contribution in [2.75, 3.05) is 7.05 Å². The number of sulfonamides is 1. The van der Waals surface area contributed by atoms with Gasteiger partial charge in [0, 0.05) is 18.7 Å². The van der Waals surface area contributed by atoms with Crippen LogP contribution in [0.4, 0.5) is 0 Å². The van der Waals surface area contributed by atoms with Crippen LogP contribution < -0.4 is 5.32 Å². The van der Waals surface area contributed by atoms with Gasteiger partial charge in [-0.2, -0.15) is 4.31 Å². The fourth-order valence-electron chi connectivity index (χ4n) is 3.30. The molecule has 27 heavy (non-hydrogen) atoms. The van der Waals surface area contributed by atoms with E-state index in [0.29, 0.717) is 5.56 Å². The Hall–Kier alpha value is -2.18. The van der Waals surface area contributed by atoms with Crippen LogP contribution in [0, 0.1) is 0 Å². The topological polar surface area (TPSA) is 66.5 Å². The molecule has 1 aliphatic carbocycles. The minimum atomic E-state index is -3.63. The van der Waals surface area contributed by atoms with E-state index in [1.54, 1.807) is 19.2 Å². The molecule has 6 heteroatoms. The summed E-state index contributed by atoms with van der Waals surface area (Å²) in [6.07, 6.45) is 2.83. The summed E-state index contributed by atoms with van der Waals surface area (Å²) in [7, 11) is -2.08. The number of rotatable bonds is 6. The molecule has 1 aliphatic rings. The zero-order chi connectivity index (χ0) is 19.7. The molecule has 3 rings (SSSR count). The maximum atomic E-state index is 12.9. The maximum Gasteiger partial charge on any atom is 0.252 e. The average molecular weight is 387 g/mol. The van der Waals surface area contributed by atoms with E-state index in [2.05, 4.69) is 5.32 Å². The van der Waals surface area contributed by atoms with Crippen molar-refractivity contribution in [2.24, 2.45) is 0 Å². The predicted molar refractivity (Wildman–Crippen MR) is 106 cm³/mol. The van der Waals surface area contributed by atoms with Gasteiger partial charge in [0.15, 0.2) is 0 Å². The lowest BCUT2D eigenvalue weighted by atomic mass is 9.71. The van der Waals surface area contributed by atoms with Gasteiger partial charge in [-0.15, -0.1) is 0 Å². The molecule has 0 aliphatic heterocycles. The third-order valence-corrected chi connectivity index (χ3v) is 7.42. The van der Waals surface area contributed by atoms with Gasteiger partial charge >= 0.3 is 0 Å². The van der Waals surface area contributed by atoms with Crippen LogP contribution in [-0.2, 0) is 15.6 Å². The Kier molecular flexibility index (Phi) is 5.40. The Morgan fingerprint density at radius 2 is 1.74 bits per heavy atom. The highest BCUT2D eigenvalue weighted by molar-refractivity contribution is 7.89. The standard InChI is InChI=1S/C21H26N2O3S/c1-16(2)23(3)27(25,26)19-12-7-9-17(15-19)20(24)22-21(13-8-14-21)18-10-5-4-6-11-18/h4-7,9-12,15-16H,8,13-14H2,1-3H3,(H,22,24). The number of carbonyl (C=O) groups is 1. The molecule has 0 radical (unpaired) electrons. The van der Waals surface area contributed by atoms with E-state index in [4.69, 9.17) is 0 Å². The number of nitrogens with one attached hydrogen (secondary N) is 1. The van der Waals surface area contributed by atoms with Crippen molar-refractivity contribution in [2.45, 2.75) is 49.6 Å². The number of hydrogen-bond acceptors (Lipinski definition) is 3. The van der Waals surface area contributed by atoms with Gasteiger partial charge in [-0.3, -0.25) is 4.79 Å². The smallest absolute Gasteiger partial charge is 0.252 e. The molecule has 0 unspecified atom stereocenters. The highest BCUT2D eigenvalue weighted by Gasteiger charge is 2.40. The van der Waals surface area contributed by atoms with Crippen molar-refractivity contribution in [3.05, 3.63) is 65.7 Å². The number of nitrogens with zero attached hydrogens (tertiary/aromatic N) is 1. The van der Waals surface area contributed by atoms with E-state index in [9.17, 15) is 13.2 Å². The van der Waals surface area contributed by atoms with Gasteiger partial charge < -0.3 is 5.32 Å². The maximum absolute atomic E-state index is 12.9. The van der Waals surface area contributed by atoms with Gasteiger partial charge in [0.1, 0.15) is 0 Å². The Balaban J connectivity index is 1.86. The lowest BCUT2D eigenvalue weighted by Crippen LogP contribution is -2.50. The number of amides is 1. The van der Waals surface area contributed by atoms with Gasteiger partial charge in [-0.05, 0) is 56.9 Å². The summed E-state index contributed by atoms with van der Waals surface area (Å²) in [6.45, 7) is 3.63. The fourth-order valence-corrected chi connectivity index (χ4v) is 4.72. The monoisotopic (exact) mass is 386 g/mol. The second-order valence-electron chi connectivity index (χ2n) is 7.40. The Bertz CT molecular complexity index is 919. The van der Waals surface area contributed by atoms with Gasteiger partial charge in [0.05, 0.1) is 10.4 Å². The summed E-state index contributed by atoms with van der Waals surface area (Å²) in [5.41, 5.74) is 1.09. The number of hydrogen-bond donors (Lipinski definition) is 1. The van der Waals surface area contributed by atoms with Gasteiger partial charge in [0.2, 0.25) is 10.0 Å². The third-order valence-electron chi connectivity index (χ3n) is 5.39. The quantitative estimate of drug-likeness (QED) is 0.826. The molecule has 1 fully saturated rings. The van der Waals surface area contributed by atoms with E-state index < -0.39 is 10.0 Å². The molecule has 0 saturated heterocycles. The molecule has 144 valence electrons. The minimum Gasteiger partial charge on any atom is -0.343 e. The summed E-state index contributed by atoms with van der Waals surface area (Å²) < 4.78 is 26.7. The normalized spacial score (nSPS) is 16.2. The zero-order valence-electron chi connectivity index (χ0n) is 16.0. The van der Waals surface area contributed by atoms with Crippen molar-refractivity contribution in [3.63, 3.8) is 0 Å². The van der Waals surface area contributed by atoms with Crippen LogP contribution >= 0.6 is 0 Å². The minimum absolute atomic E-state index is 0.133. The Labute approximate surface area is 161 Å². The largest absolute Gasteiger partial charge is 0.343 e. The second-order valence-corrected chi connectivity index (χ2v) is 9.40. The summed E-state index contributed by atoms with van der Waals surface area (Å²) in [4.78, 5) is 13.0. The van der Waals surface area contributed by atoms with Gasteiger partial charge in [-0.25, -0.2) is 8.42 Å². The van der Waals surface area contributed by atoms with Gasteiger partial charge in [0.25, 0.3) is 5.91 Å². The molecule has 1 amide bonds. The first-order valence-corrected chi connectivity index (χ1v) is 10.7. The summed E-state index contributed by atoms with van der Waals surface area (Å²) in [5, 5.41) is 3.15. The first kappa shape index (κ1) is 19.6. The van der Waals surface area contributed by atoms with Crippen molar-refractivity contribution >= 4 is 15.9 Å². The average Bonchev–Trinajstić information content (AvgIpc) is 2.64. The number of benzene rings is 2. The fraction of sp³-hybridized carbons (Fsp3) is 0.381. The lowest BCUT2D eigenvalue weighted by molar-refractivity contribution is 0.0823. The molecule has 1 N–H and O–H groups in total. The first-order chi connectivity index (χ1) is 12.8. The molecule has 0 aromatic heterocycles. The van der Waals surface area contributed by atoms with Crippen molar-refractivity contribution < 1.29 is 13.2 Å². The summed E-state index contributed by atoms with van der Waals surface area (Å²) in [5.74, 6) is -0.247. The van der Waals surface area contributed by atoms with E-state index in [1.165, 1.54) is 16.4 Å². The van der Waals surface area contributed by atoms with Gasteiger partial charge in [-0.1, -0.05) is 36.4 Å². The molecule has 1 saturated carbocycles. The molecule has 2 aromatic rings. The van der Waals surface area contributed by atoms with Crippen LogP contribution in [0.3, 0.4) is 0 Å². The molecule has 0 atom stereocenters. The number of carbonyl (C=O) groups excluding carboxylic acids is 1. The highest BCUT2D eigenvalue weighted by atomic mass is 32.2. The molecule has 2 aromatic carbocycles. The van der Waals surface area contributed by atoms with E-state index in [1.807, 2.05) is 44.2 Å². The van der Waals surface area contributed by atoms with Crippen LogP contribution in [0.1, 0.15) is 49.0 Å². The summed E-state index contributed by atoms with van der Waals surface area (Å²) in [6, 6.07) is 16.0. The van der Waals surface area contributed by atoms with Crippen molar-refractivity contribution in [3.8, 4) is 0 Å². The Morgan fingerprint density at radius 1 is 1.07 bits per heavy atom. The van der Waals surface area contributed by atoms with Crippen LogP contribution in [0.5, 0.6) is 0 Å². The van der Waals surface area contributed by atoms with Crippen LogP contribution in [0.15, 0.2) is 59.5 Å². The summed E-state index contributed by atoms with van der Waals surface area (Å²) >= 11 is 0. The molecule has 0 bridgehead atoms. The van der Waals surface area contributed by atoms with E-state index >= 15 is 0 Å². The van der Waals surface area contributed by atoms with E-state index in [-0.39, 0.29) is 22.4 Å². The SMILES string of the molecule is CC(C)N(C)S(=O)(=O)c1cccc(C(=O)NC2(c3ccccc3)CCC2)c1. The van der Waals surface area contributed by atoms with Crippen molar-refractivity contribution in [1.29, 1.82) is 0 Å². The van der Waals surface area contributed by atoms with Crippen LogP contribution in [-0.4, -0.2) is 31.7 Å². The van der Waals surface area contributed by atoms with Crippen molar-refractivity contribution in [1.82, 2.24) is 9.62 Å². The Morgan fingerprint density at radius 3 is 2.30 bits per heavy atom. The molecular weight excluding hydrogens is 360 g/mol.